The van der Waals surface area contributed by atoms with Crippen molar-refractivity contribution in [3.05, 3.63) is 48.5 Å². The molecule has 9 atom stereocenters. The van der Waals surface area contributed by atoms with Crippen molar-refractivity contribution in [1.82, 2.24) is 30.2 Å². The zero-order valence-electron chi connectivity index (χ0n) is 48.0. The Bertz CT molecular complexity index is 2520. The molecule has 5 heterocycles. The van der Waals surface area contributed by atoms with Crippen molar-refractivity contribution in [3.63, 3.8) is 0 Å². The number of unbranched alkanes of at least 4 members (excludes halogenated alkanes) is 1. The van der Waals surface area contributed by atoms with Crippen LogP contribution in [0.15, 0.2) is 43.0 Å². The fourth-order valence-electron chi connectivity index (χ4n) is 10.2. The summed E-state index contributed by atoms with van der Waals surface area (Å²) < 4.78 is 77.1. The number of esters is 3. The van der Waals surface area contributed by atoms with Crippen LogP contribution in [0.4, 0.5) is 5.82 Å². The summed E-state index contributed by atoms with van der Waals surface area (Å²) in [4.78, 5) is 87.7. The Labute approximate surface area is 469 Å². The van der Waals surface area contributed by atoms with Crippen molar-refractivity contribution in [2.24, 2.45) is 0 Å². The number of carbonyl (C=O) groups excluding carboxylic acids is 6. The van der Waals surface area contributed by atoms with Gasteiger partial charge in [-0.2, -0.15) is 0 Å². The lowest BCUT2D eigenvalue weighted by Crippen LogP contribution is -2.66. The smallest absolute Gasteiger partial charge is 0.335 e. The van der Waals surface area contributed by atoms with Gasteiger partial charge in [-0.1, -0.05) is 73.6 Å². The van der Waals surface area contributed by atoms with Gasteiger partial charge in [0.25, 0.3) is 5.91 Å². The Kier molecular flexibility index (Phi) is 23.6. The van der Waals surface area contributed by atoms with E-state index in [0.717, 1.165) is 13.8 Å². The van der Waals surface area contributed by atoms with Crippen molar-refractivity contribution in [2.75, 3.05) is 58.3 Å². The second-order valence-corrected chi connectivity index (χ2v) is 30.0. The molecule has 0 unspecified atom stereocenters. The maximum Gasteiger partial charge on any atom is 0.335 e. The van der Waals surface area contributed by atoms with Crippen LogP contribution in [0.3, 0.4) is 0 Å². The quantitative estimate of drug-likeness (QED) is 0.0288. The van der Waals surface area contributed by atoms with Crippen molar-refractivity contribution in [1.29, 1.82) is 0 Å². The fourth-order valence-corrected chi connectivity index (χ4v) is 21.4. The Morgan fingerprint density at radius 1 is 0.738 bits per heavy atom. The standard InChI is InChI=1S/C53H81N7O18Si2/c1-31(2)79(32(3)4)72-27-41-46(77-80(78-79,33(5)6)34(7)8)48(52(75-41)60-29-57-44-49(55-28-56-50(44)60)59-51(66)39-18-14-13-15-19-39)71-30-68-25-24-67-23-21-54-42(65)20-16-17-22-69-53-43(58-35(9)61)47(74-38(12)64)45(73-37(11)63)40(76-53)26-70-36(10)62/h13-15,18-19,28-29,31-34,40-41,43,45-48,52-53H,16-17,20-27,30H2,1-12H3,(H,54,65)(H,58,61)(H,55,56,59,66)/t40-,41+,43-,45+,46+,47-,48+,52+,53-/m0/s1. The first-order valence-corrected chi connectivity index (χ1v) is 31.3. The number of benzene rings is 1. The van der Waals surface area contributed by atoms with Gasteiger partial charge >= 0.3 is 35.0 Å². The highest BCUT2D eigenvalue weighted by Crippen LogP contribution is 2.49. The summed E-state index contributed by atoms with van der Waals surface area (Å²) in [7, 11) is -6.05. The minimum atomic E-state index is -3.13. The molecule has 2 aromatic heterocycles. The lowest BCUT2D eigenvalue weighted by Gasteiger charge is -2.51. The minimum Gasteiger partial charge on any atom is -0.463 e. The van der Waals surface area contributed by atoms with Gasteiger partial charge in [-0.05, 0) is 47.1 Å². The first-order valence-electron chi connectivity index (χ1n) is 27.3. The van der Waals surface area contributed by atoms with Gasteiger partial charge in [0.2, 0.25) is 11.8 Å². The summed E-state index contributed by atoms with van der Waals surface area (Å²) in [6, 6.07) is 7.71. The molecule has 3 amide bonds. The topological polar surface area (TPSA) is 293 Å². The maximum atomic E-state index is 13.2. The lowest BCUT2D eigenvalue weighted by atomic mass is 9.96. The third-order valence-electron chi connectivity index (χ3n) is 14.0. The summed E-state index contributed by atoms with van der Waals surface area (Å²) in [6.45, 7) is 22.6. The predicted molar refractivity (Wildman–Crippen MR) is 291 cm³/mol. The van der Waals surface area contributed by atoms with Crippen LogP contribution in [-0.4, -0.2) is 174 Å². The van der Waals surface area contributed by atoms with Crippen LogP contribution in [0, 0.1) is 0 Å². The number of ether oxygens (including phenoxy) is 9. The van der Waals surface area contributed by atoms with Crippen LogP contribution in [-0.2, 0) is 79.6 Å². The van der Waals surface area contributed by atoms with Gasteiger partial charge in [-0.15, -0.1) is 0 Å². The van der Waals surface area contributed by atoms with E-state index in [1.54, 1.807) is 35.2 Å². The number of nitrogens with zero attached hydrogens (tertiary/aromatic N) is 4. The molecule has 3 fully saturated rings. The molecule has 80 heavy (non-hydrogen) atoms. The molecule has 25 nitrogen and oxygen atoms in total. The molecular formula is C53H81N7O18Si2. The number of anilines is 1. The predicted octanol–water partition coefficient (Wildman–Crippen LogP) is 5.27. The molecule has 0 spiro atoms. The third-order valence-corrected chi connectivity index (χ3v) is 24.2. The third kappa shape index (κ3) is 16.2. The number of rotatable bonds is 27. The summed E-state index contributed by atoms with van der Waals surface area (Å²) in [5.74, 6) is -2.89. The van der Waals surface area contributed by atoms with Gasteiger partial charge in [0.1, 0.15) is 50.2 Å². The highest BCUT2D eigenvalue weighted by molar-refractivity contribution is 6.84. The summed E-state index contributed by atoms with van der Waals surface area (Å²) in [5, 5.41) is 8.37. The number of fused-ring (bicyclic) bond motifs is 2. The van der Waals surface area contributed by atoms with Gasteiger partial charge in [0, 0.05) is 52.8 Å². The zero-order valence-corrected chi connectivity index (χ0v) is 50.0. The van der Waals surface area contributed by atoms with E-state index in [1.165, 1.54) is 20.2 Å². The minimum absolute atomic E-state index is 0.0332. The Morgan fingerprint density at radius 2 is 1.41 bits per heavy atom. The number of amides is 3. The molecule has 3 aliphatic heterocycles. The van der Waals surface area contributed by atoms with Gasteiger partial charge < -0.3 is 71.5 Å². The molecule has 3 saturated heterocycles. The Morgan fingerprint density at radius 3 is 2.06 bits per heavy atom. The fraction of sp³-hybridized carbons (Fsp3) is 0.679. The second-order valence-electron chi connectivity index (χ2n) is 21.2. The number of carbonyl (C=O) groups is 6. The first-order chi connectivity index (χ1) is 38.1. The van der Waals surface area contributed by atoms with E-state index >= 15 is 0 Å². The van der Waals surface area contributed by atoms with Crippen molar-refractivity contribution in [3.8, 4) is 0 Å². The molecule has 6 rings (SSSR count). The molecule has 3 N–H and O–H groups in total. The highest BCUT2D eigenvalue weighted by Gasteiger charge is 2.62. The van der Waals surface area contributed by atoms with E-state index < -0.39 is 96.1 Å². The molecule has 3 aromatic rings. The SMILES string of the molecule is CC(=O)N[C@@H]1[C@@H](OCCCCC(=O)NCCOCCOCO[C@@H]2[C@@H]3O[Si](C(C)C)(C(C)C)O[Si](C(C)C)(C(C)C)OC[C@H]3O[C@H]2n2cnc3c(NC(=O)c4ccccc4)ncnc32)O[C@@H](COC(C)=O)[C@@H](OC(C)=O)[C@H]1OC(C)=O. The second kappa shape index (κ2) is 29.6. The lowest BCUT2D eigenvalue weighted by molar-refractivity contribution is -0.277. The molecular weight excluding hydrogens is 1080 g/mol. The van der Waals surface area contributed by atoms with Crippen molar-refractivity contribution in [2.45, 2.75) is 180 Å². The highest BCUT2D eigenvalue weighted by atomic mass is 28.5. The van der Waals surface area contributed by atoms with Crippen LogP contribution < -0.4 is 16.0 Å². The van der Waals surface area contributed by atoms with Gasteiger partial charge in [-0.3, -0.25) is 33.3 Å². The van der Waals surface area contributed by atoms with E-state index in [1.807, 2.05) is 6.07 Å². The molecule has 3 aliphatic rings. The Hall–Kier alpha value is -5.34. The number of imidazole rings is 1. The molecule has 444 valence electrons. The summed E-state index contributed by atoms with van der Waals surface area (Å²) in [6.07, 6.45) is -3.66. The van der Waals surface area contributed by atoms with E-state index in [-0.39, 0.29) is 99.2 Å². The first kappa shape index (κ1) is 63.8. The normalized spacial score (nSPS) is 24.5. The largest absolute Gasteiger partial charge is 0.463 e. The van der Waals surface area contributed by atoms with Crippen LogP contribution >= 0.6 is 0 Å². The van der Waals surface area contributed by atoms with Crippen LogP contribution in [0.2, 0.25) is 22.2 Å². The van der Waals surface area contributed by atoms with Gasteiger partial charge in [0.05, 0.1) is 32.8 Å². The maximum absolute atomic E-state index is 13.2. The molecule has 27 heteroatoms. The number of aromatic nitrogens is 4. The number of hydrogen-bond acceptors (Lipinski definition) is 21. The van der Waals surface area contributed by atoms with Crippen LogP contribution in [0.25, 0.3) is 11.2 Å². The average Bonchev–Trinajstić information content (AvgIpc) is 4.19. The van der Waals surface area contributed by atoms with Crippen molar-refractivity contribution < 1.29 is 84.4 Å². The molecule has 1 aromatic carbocycles. The zero-order chi connectivity index (χ0) is 58.3. The Balaban J connectivity index is 1.03. The van der Waals surface area contributed by atoms with Gasteiger partial charge in [0.15, 0.2) is 41.7 Å². The molecule has 0 bridgehead atoms. The number of nitrogens with one attached hydrogen (secondary N) is 3. The molecule has 0 radical (unpaired) electrons. The van der Waals surface area contributed by atoms with Crippen molar-refractivity contribution >= 4 is 69.7 Å². The summed E-state index contributed by atoms with van der Waals surface area (Å²) in [5.41, 5.74) is 1.51. The average molecular weight is 1160 g/mol. The van der Waals surface area contributed by atoms with Crippen LogP contribution in [0.1, 0.15) is 119 Å². The van der Waals surface area contributed by atoms with E-state index in [4.69, 9.17) is 55.6 Å². The molecule has 0 aliphatic carbocycles. The number of hydrogen-bond donors (Lipinski definition) is 3. The van der Waals surface area contributed by atoms with E-state index in [9.17, 15) is 28.8 Å². The summed E-state index contributed by atoms with van der Waals surface area (Å²) >= 11 is 0. The monoisotopic (exact) mass is 1160 g/mol. The van der Waals surface area contributed by atoms with E-state index in [0.29, 0.717) is 29.6 Å². The van der Waals surface area contributed by atoms with E-state index in [2.05, 4.69) is 86.3 Å². The van der Waals surface area contributed by atoms with Crippen LogP contribution in [0.5, 0.6) is 0 Å². The molecule has 0 saturated carbocycles. The van der Waals surface area contributed by atoms with Gasteiger partial charge in [-0.25, -0.2) is 15.0 Å².